The summed E-state index contributed by atoms with van der Waals surface area (Å²) in [5, 5.41) is 9.80. The number of benzene rings is 4. The zero-order valence-electron chi connectivity index (χ0n) is 26.1. The van der Waals surface area contributed by atoms with Gasteiger partial charge in [0, 0.05) is 37.4 Å². The van der Waals surface area contributed by atoms with Gasteiger partial charge in [-0.15, -0.1) is 0 Å². The van der Waals surface area contributed by atoms with Crippen LogP contribution in [0.15, 0.2) is 84.9 Å². The molecular weight excluding hydrogens is 602 g/mol. The molecule has 1 saturated heterocycles. The van der Waals surface area contributed by atoms with E-state index in [0.29, 0.717) is 66.4 Å². The number of aliphatic hydroxyl groups excluding tert-OH is 1. The molecule has 1 aliphatic heterocycles. The highest BCUT2D eigenvalue weighted by Crippen LogP contribution is 2.32. The summed E-state index contributed by atoms with van der Waals surface area (Å²) in [6, 6.07) is 26.3. The molecule has 4 aromatic carbocycles. The molecule has 0 spiro atoms. The van der Waals surface area contributed by atoms with Gasteiger partial charge in [0.1, 0.15) is 17.2 Å². The molecule has 1 atom stereocenters. The quantitative estimate of drug-likeness (QED) is 0.140. The average Bonchev–Trinajstić information content (AvgIpc) is 3.59. The van der Waals surface area contributed by atoms with Gasteiger partial charge in [-0.2, -0.15) is 0 Å². The van der Waals surface area contributed by atoms with Gasteiger partial charge in [0.25, 0.3) is 0 Å². The molecule has 0 bridgehead atoms. The Morgan fingerprint density at radius 1 is 0.957 bits per heavy atom. The van der Waals surface area contributed by atoms with E-state index >= 15 is 0 Å². The minimum atomic E-state index is -3.45. The summed E-state index contributed by atoms with van der Waals surface area (Å²) in [4.78, 5) is 5.75. The van der Waals surface area contributed by atoms with E-state index in [1.165, 1.54) is 0 Å². The van der Waals surface area contributed by atoms with Crippen molar-refractivity contribution in [1.29, 1.82) is 0 Å². The van der Waals surface area contributed by atoms with Crippen molar-refractivity contribution < 1.29 is 27.7 Å². The molecule has 1 unspecified atom stereocenters. The second-order valence-electron chi connectivity index (χ2n) is 11.4. The Hall–Kier alpha value is -4.56. The van der Waals surface area contributed by atoms with Gasteiger partial charge >= 0.3 is 0 Å². The Morgan fingerprint density at radius 2 is 1.72 bits per heavy atom. The fraction of sp³-hybridized carbons (Fsp3) is 0.306. The lowest BCUT2D eigenvalue weighted by Gasteiger charge is -2.28. The molecule has 0 aliphatic carbocycles. The molecule has 240 valence electrons. The smallest absolute Gasteiger partial charge is 0.232 e. The first-order valence-electron chi connectivity index (χ1n) is 15.3. The van der Waals surface area contributed by atoms with Crippen molar-refractivity contribution >= 4 is 27.1 Å². The second kappa shape index (κ2) is 15.1. The van der Waals surface area contributed by atoms with Crippen LogP contribution in [0, 0.1) is 19.4 Å². The molecule has 10 heteroatoms. The summed E-state index contributed by atoms with van der Waals surface area (Å²) >= 11 is 0. The molecule has 1 heterocycles. The summed E-state index contributed by atoms with van der Waals surface area (Å²) in [5.41, 5.74) is 5.46. The first-order chi connectivity index (χ1) is 22.2. The molecule has 0 amide bonds. The number of anilines is 2. The number of nitrogens with zero attached hydrogens (tertiary/aromatic N) is 2. The highest BCUT2D eigenvalue weighted by Gasteiger charge is 2.18. The van der Waals surface area contributed by atoms with Gasteiger partial charge in [-0.05, 0) is 78.9 Å². The van der Waals surface area contributed by atoms with Crippen LogP contribution in [0.3, 0.4) is 0 Å². The van der Waals surface area contributed by atoms with Gasteiger partial charge < -0.3 is 24.2 Å². The Labute approximate surface area is 271 Å². The van der Waals surface area contributed by atoms with E-state index in [-0.39, 0.29) is 12.4 Å². The highest BCUT2D eigenvalue weighted by atomic mass is 32.2. The third-order valence-corrected chi connectivity index (χ3v) is 9.16. The SMILES string of the molecule is [C-]#[N+]c1cccc(CN(Cc2ccc(Oc3cc(CO)cc(OCC4CCOC4)c3)cc2)c2cccc(NS(=O)(=O)CC)c2C)c1. The predicted molar refractivity (Wildman–Crippen MR) is 180 cm³/mol. The summed E-state index contributed by atoms with van der Waals surface area (Å²) in [7, 11) is -3.45. The molecule has 0 radical (unpaired) electrons. The minimum absolute atomic E-state index is 0.0211. The summed E-state index contributed by atoms with van der Waals surface area (Å²) in [5.74, 6) is 2.18. The Balaban J connectivity index is 1.36. The van der Waals surface area contributed by atoms with Crippen LogP contribution in [0.2, 0.25) is 0 Å². The van der Waals surface area contributed by atoms with E-state index < -0.39 is 10.0 Å². The number of aliphatic hydroxyl groups is 1. The minimum Gasteiger partial charge on any atom is -0.493 e. The van der Waals surface area contributed by atoms with Gasteiger partial charge in [-0.1, -0.05) is 42.5 Å². The largest absolute Gasteiger partial charge is 0.493 e. The van der Waals surface area contributed by atoms with E-state index in [0.717, 1.165) is 35.4 Å². The van der Waals surface area contributed by atoms with Crippen LogP contribution >= 0.6 is 0 Å². The van der Waals surface area contributed by atoms with Crippen molar-refractivity contribution in [3.63, 3.8) is 0 Å². The van der Waals surface area contributed by atoms with Gasteiger partial charge in [-0.25, -0.2) is 13.3 Å². The number of rotatable bonds is 14. The van der Waals surface area contributed by atoms with E-state index in [2.05, 4.69) is 14.5 Å². The molecule has 9 nitrogen and oxygen atoms in total. The molecular formula is C36H39N3O6S. The van der Waals surface area contributed by atoms with Crippen molar-refractivity contribution in [2.45, 2.75) is 40.0 Å². The maximum absolute atomic E-state index is 12.4. The normalized spacial score (nSPS) is 14.4. The van der Waals surface area contributed by atoms with Gasteiger partial charge in [0.15, 0.2) is 5.69 Å². The van der Waals surface area contributed by atoms with E-state index in [1.807, 2.05) is 73.7 Å². The lowest BCUT2D eigenvalue weighted by molar-refractivity contribution is 0.167. The van der Waals surface area contributed by atoms with Crippen LogP contribution in [-0.2, 0) is 34.5 Å². The van der Waals surface area contributed by atoms with Crippen LogP contribution in [-0.4, -0.2) is 39.1 Å². The molecule has 0 aromatic heterocycles. The molecule has 5 rings (SSSR count). The zero-order valence-corrected chi connectivity index (χ0v) is 26.9. The monoisotopic (exact) mass is 641 g/mol. The maximum atomic E-state index is 12.4. The van der Waals surface area contributed by atoms with Crippen LogP contribution in [0.25, 0.3) is 4.85 Å². The number of hydrogen-bond donors (Lipinski definition) is 2. The molecule has 1 aliphatic rings. The molecule has 1 fully saturated rings. The van der Waals surface area contributed by atoms with Crippen molar-refractivity contribution in [1.82, 2.24) is 0 Å². The topological polar surface area (TPSA) is 102 Å². The van der Waals surface area contributed by atoms with Gasteiger partial charge in [0.2, 0.25) is 10.0 Å². The lowest BCUT2D eigenvalue weighted by atomic mass is 10.1. The second-order valence-corrected chi connectivity index (χ2v) is 13.4. The fourth-order valence-electron chi connectivity index (χ4n) is 5.30. The number of sulfonamides is 1. The number of nitrogens with one attached hydrogen (secondary N) is 1. The molecule has 4 aromatic rings. The Kier molecular flexibility index (Phi) is 10.8. The average molecular weight is 642 g/mol. The van der Waals surface area contributed by atoms with Crippen molar-refractivity contribution in [2.75, 3.05) is 35.2 Å². The van der Waals surface area contributed by atoms with Crippen molar-refractivity contribution in [2.24, 2.45) is 5.92 Å². The standard InChI is InChI=1S/C36H39N3O6S/c1-4-46(41,42)38-35-9-6-10-36(26(35)2)39(22-28-7-5-8-31(17-28)37-3)21-27-11-13-32(14-12-27)45-34-19-30(23-40)18-33(20-34)44-25-29-15-16-43-24-29/h5-14,17-20,29,38,40H,4,15-16,21-25H2,1-2H3. The summed E-state index contributed by atoms with van der Waals surface area (Å²) in [6.45, 7) is 13.9. The van der Waals surface area contributed by atoms with Crippen LogP contribution in [0.1, 0.15) is 35.6 Å². The Bertz CT molecular complexity index is 1780. The predicted octanol–water partition coefficient (Wildman–Crippen LogP) is 7.21. The number of hydrogen-bond acceptors (Lipinski definition) is 7. The van der Waals surface area contributed by atoms with E-state index in [4.69, 9.17) is 20.8 Å². The van der Waals surface area contributed by atoms with E-state index in [9.17, 15) is 13.5 Å². The van der Waals surface area contributed by atoms with Crippen molar-refractivity contribution in [3.8, 4) is 17.2 Å². The van der Waals surface area contributed by atoms with Gasteiger partial charge in [-0.3, -0.25) is 4.72 Å². The first kappa shape index (κ1) is 32.8. The zero-order chi connectivity index (χ0) is 32.5. The third kappa shape index (κ3) is 8.79. The lowest BCUT2D eigenvalue weighted by Crippen LogP contribution is -2.24. The van der Waals surface area contributed by atoms with Crippen molar-refractivity contribution in [3.05, 3.63) is 119 Å². The Morgan fingerprint density at radius 3 is 2.43 bits per heavy atom. The molecule has 46 heavy (non-hydrogen) atoms. The highest BCUT2D eigenvalue weighted by molar-refractivity contribution is 7.92. The molecule has 2 N–H and O–H groups in total. The maximum Gasteiger partial charge on any atom is 0.232 e. The van der Waals surface area contributed by atoms with Gasteiger partial charge in [0.05, 0.1) is 37.8 Å². The van der Waals surface area contributed by atoms with Crippen LogP contribution in [0.5, 0.6) is 17.2 Å². The third-order valence-electron chi connectivity index (χ3n) is 7.87. The summed E-state index contributed by atoms with van der Waals surface area (Å²) in [6.07, 6.45) is 0.975. The van der Waals surface area contributed by atoms with E-state index in [1.54, 1.807) is 25.1 Å². The summed E-state index contributed by atoms with van der Waals surface area (Å²) < 4.78 is 45.0. The fourth-order valence-corrected chi connectivity index (χ4v) is 6.00. The van der Waals surface area contributed by atoms with Crippen LogP contribution < -0.4 is 19.1 Å². The van der Waals surface area contributed by atoms with Crippen LogP contribution in [0.4, 0.5) is 17.1 Å². The number of ether oxygens (including phenoxy) is 3. The first-order valence-corrected chi connectivity index (χ1v) is 16.9. The molecule has 0 saturated carbocycles.